The van der Waals surface area contributed by atoms with E-state index in [2.05, 4.69) is 49.5 Å². The molecule has 27 heavy (non-hydrogen) atoms. The van der Waals surface area contributed by atoms with Crippen LogP contribution in [0.3, 0.4) is 0 Å². The molecule has 0 radical (unpaired) electrons. The zero-order valence-corrected chi connectivity index (χ0v) is 16.4. The molecule has 3 aromatic rings. The average Bonchev–Trinajstić information content (AvgIpc) is 3.12. The number of thiophene rings is 1. The lowest BCUT2D eigenvalue weighted by atomic mass is 10.0. The quantitative estimate of drug-likeness (QED) is 0.649. The molecule has 1 aliphatic rings. The van der Waals surface area contributed by atoms with Crippen LogP contribution in [0.25, 0.3) is 10.4 Å². The van der Waals surface area contributed by atoms with Crippen LogP contribution in [0.5, 0.6) is 5.75 Å². The van der Waals surface area contributed by atoms with E-state index in [0.29, 0.717) is 6.61 Å². The molecular weight excluding hydrogens is 354 g/mol. The number of amides is 1. The van der Waals surface area contributed by atoms with E-state index in [1.807, 2.05) is 24.3 Å². The van der Waals surface area contributed by atoms with Gasteiger partial charge in [-0.1, -0.05) is 42.5 Å². The van der Waals surface area contributed by atoms with Gasteiger partial charge in [0.1, 0.15) is 12.4 Å². The third-order valence-corrected chi connectivity index (χ3v) is 6.16. The number of nitrogens with one attached hydrogen (secondary N) is 1. The summed E-state index contributed by atoms with van der Waals surface area (Å²) >= 11 is 1.56. The number of carbonyl (C=O) groups is 1. The number of hydrogen-bond donors (Lipinski definition) is 1. The first-order chi connectivity index (χ1) is 13.1. The maximum atomic E-state index is 12.7. The van der Waals surface area contributed by atoms with Crippen LogP contribution in [0.4, 0.5) is 0 Å². The molecule has 4 rings (SSSR count). The Bertz CT molecular complexity index is 962. The lowest BCUT2D eigenvalue weighted by Gasteiger charge is -2.19. The van der Waals surface area contributed by atoms with E-state index >= 15 is 0 Å². The first-order valence-electron chi connectivity index (χ1n) is 9.32. The summed E-state index contributed by atoms with van der Waals surface area (Å²) in [4.78, 5) is 14.7. The number of fused-ring (bicyclic) bond motifs is 3. The maximum absolute atomic E-state index is 12.7. The van der Waals surface area contributed by atoms with Crippen molar-refractivity contribution < 1.29 is 9.53 Å². The van der Waals surface area contributed by atoms with Gasteiger partial charge in [0.25, 0.3) is 5.91 Å². The van der Waals surface area contributed by atoms with Crippen molar-refractivity contribution in [3.8, 4) is 16.2 Å². The third kappa shape index (κ3) is 3.76. The molecule has 2 aromatic carbocycles. The molecule has 1 atom stereocenters. The zero-order valence-electron chi connectivity index (χ0n) is 15.6. The Morgan fingerprint density at radius 1 is 1.19 bits per heavy atom. The summed E-state index contributed by atoms with van der Waals surface area (Å²) in [6, 6.07) is 18.6. The summed E-state index contributed by atoms with van der Waals surface area (Å²) in [5.41, 5.74) is 4.71. The topological polar surface area (TPSA) is 38.3 Å². The average molecular weight is 378 g/mol. The van der Waals surface area contributed by atoms with Crippen LogP contribution in [-0.2, 0) is 13.0 Å². The molecule has 3 nitrogen and oxygen atoms in total. The van der Waals surface area contributed by atoms with Gasteiger partial charge >= 0.3 is 0 Å². The fraction of sp³-hybridized carbons (Fsp3) is 0.261. The van der Waals surface area contributed by atoms with Gasteiger partial charge in [-0.25, -0.2) is 0 Å². The minimum absolute atomic E-state index is 0.00472. The molecule has 0 bridgehead atoms. The largest absolute Gasteiger partial charge is 0.488 e. The van der Waals surface area contributed by atoms with Crippen molar-refractivity contribution in [3.63, 3.8) is 0 Å². The molecule has 1 amide bonds. The highest BCUT2D eigenvalue weighted by Crippen LogP contribution is 2.44. The van der Waals surface area contributed by atoms with Crippen LogP contribution in [0, 0.1) is 6.92 Å². The van der Waals surface area contributed by atoms with Crippen molar-refractivity contribution in [3.05, 3.63) is 76.2 Å². The lowest BCUT2D eigenvalue weighted by Crippen LogP contribution is -2.32. The van der Waals surface area contributed by atoms with Crippen molar-refractivity contribution >= 4 is 17.2 Å². The molecule has 0 saturated heterocycles. The monoisotopic (exact) mass is 377 g/mol. The number of benzene rings is 2. The molecule has 0 saturated carbocycles. The molecule has 0 fully saturated rings. The lowest BCUT2D eigenvalue weighted by molar-refractivity contribution is 0.0942. The van der Waals surface area contributed by atoms with Gasteiger partial charge in [0.2, 0.25) is 0 Å². The van der Waals surface area contributed by atoms with Gasteiger partial charge in [0.05, 0.1) is 4.88 Å². The van der Waals surface area contributed by atoms with E-state index < -0.39 is 0 Å². The van der Waals surface area contributed by atoms with Gasteiger partial charge in [-0.15, -0.1) is 11.3 Å². The maximum Gasteiger partial charge on any atom is 0.261 e. The van der Waals surface area contributed by atoms with Crippen LogP contribution in [0.15, 0.2) is 54.6 Å². The number of hydrogen-bond acceptors (Lipinski definition) is 3. The predicted molar refractivity (Wildman–Crippen MR) is 111 cm³/mol. The summed E-state index contributed by atoms with van der Waals surface area (Å²) < 4.78 is 5.87. The Hall–Kier alpha value is -2.59. The molecule has 0 aliphatic carbocycles. The molecule has 138 valence electrons. The molecule has 0 unspecified atom stereocenters. The second-order valence-electron chi connectivity index (χ2n) is 7.10. The summed E-state index contributed by atoms with van der Waals surface area (Å²) in [5, 5.41) is 3.14. The summed E-state index contributed by atoms with van der Waals surface area (Å²) in [5.74, 6) is 0.914. The minimum atomic E-state index is 0.00472. The predicted octanol–water partition coefficient (Wildman–Crippen LogP) is 5.37. The van der Waals surface area contributed by atoms with Crippen LogP contribution in [-0.4, -0.2) is 11.9 Å². The second kappa shape index (κ2) is 7.57. The highest BCUT2D eigenvalue weighted by Gasteiger charge is 2.24. The highest BCUT2D eigenvalue weighted by molar-refractivity contribution is 7.17. The summed E-state index contributed by atoms with van der Waals surface area (Å²) in [6.07, 6.45) is 1.88. The van der Waals surface area contributed by atoms with Crippen LogP contribution in [0.1, 0.15) is 39.7 Å². The molecular formula is C23H23NO2S. The Morgan fingerprint density at radius 2 is 2.00 bits per heavy atom. The summed E-state index contributed by atoms with van der Waals surface area (Å²) in [6.45, 7) is 4.68. The Labute approximate surface area is 164 Å². The third-order valence-electron chi connectivity index (χ3n) is 4.96. The SMILES string of the molecule is Cc1cccc2c1-c1sc(C(=O)N[C@H](C)CCc3ccccc3)cc1CO2. The Balaban J connectivity index is 1.45. The van der Waals surface area contributed by atoms with Crippen LogP contribution < -0.4 is 10.1 Å². The molecule has 4 heteroatoms. The van der Waals surface area contributed by atoms with E-state index in [0.717, 1.165) is 39.5 Å². The van der Waals surface area contributed by atoms with Gasteiger partial charge in [-0.3, -0.25) is 4.79 Å². The van der Waals surface area contributed by atoms with E-state index in [4.69, 9.17) is 4.74 Å². The number of carbonyl (C=O) groups excluding carboxylic acids is 1. The van der Waals surface area contributed by atoms with Crippen molar-refractivity contribution in [2.75, 3.05) is 0 Å². The van der Waals surface area contributed by atoms with Crippen LogP contribution >= 0.6 is 11.3 Å². The van der Waals surface area contributed by atoms with Crippen molar-refractivity contribution in [1.29, 1.82) is 0 Å². The molecule has 1 aliphatic heterocycles. The van der Waals surface area contributed by atoms with Gasteiger partial charge < -0.3 is 10.1 Å². The number of rotatable bonds is 5. The first kappa shape index (κ1) is 17.8. The number of ether oxygens (including phenoxy) is 1. The van der Waals surface area contributed by atoms with Gasteiger partial charge in [-0.2, -0.15) is 0 Å². The fourth-order valence-electron chi connectivity index (χ4n) is 3.46. The Morgan fingerprint density at radius 3 is 2.81 bits per heavy atom. The minimum Gasteiger partial charge on any atom is -0.488 e. The standard InChI is InChI=1S/C23H23NO2S/c1-15-7-6-10-19-21(15)22-18(14-26-19)13-20(27-22)23(25)24-16(2)11-12-17-8-4-3-5-9-17/h3-10,13,16H,11-12,14H2,1-2H3,(H,24,25)/t16-/m1/s1. The van der Waals surface area contributed by atoms with Crippen LogP contribution in [0.2, 0.25) is 0 Å². The number of aryl methyl sites for hydroxylation is 2. The van der Waals surface area contributed by atoms with Gasteiger partial charge in [0, 0.05) is 22.0 Å². The fourth-order valence-corrected chi connectivity index (χ4v) is 4.65. The molecule has 0 spiro atoms. The first-order valence-corrected chi connectivity index (χ1v) is 10.1. The summed E-state index contributed by atoms with van der Waals surface area (Å²) in [7, 11) is 0. The van der Waals surface area contributed by atoms with E-state index in [1.54, 1.807) is 11.3 Å². The zero-order chi connectivity index (χ0) is 18.8. The molecule has 1 N–H and O–H groups in total. The Kier molecular flexibility index (Phi) is 4.99. The van der Waals surface area contributed by atoms with Crippen molar-refractivity contribution in [2.24, 2.45) is 0 Å². The van der Waals surface area contributed by atoms with Crippen molar-refractivity contribution in [1.82, 2.24) is 5.32 Å². The highest BCUT2D eigenvalue weighted by atomic mass is 32.1. The normalized spacial score (nSPS) is 13.3. The van der Waals surface area contributed by atoms with Crippen molar-refractivity contribution in [2.45, 2.75) is 39.3 Å². The van der Waals surface area contributed by atoms with Gasteiger partial charge in [-0.05, 0) is 49.9 Å². The van der Waals surface area contributed by atoms with Gasteiger partial charge in [0.15, 0.2) is 0 Å². The van der Waals surface area contributed by atoms with E-state index in [-0.39, 0.29) is 11.9 Å². The second-order valence-corrected chi connectivity index (χ2v) is 8.15. The van der Waals surface area contributed by atoms with E-state index in [1.165, 1.54) is 11.1 Å². The smallest absolute Gasteiger partial charge is 0.261 e. The van der Waals surface area contributed by atoms with E-state index in [9.17, 15) is 4.79 Å². The molecule has 2 heterocycles. The molecule has 1 aromatic heterocycles.